The van der Waals surface area contributed by atoms with Crippen molar-refractivity contribution in [2.45, 2.75) is 26.7 Å². The minimum Gasteiger partial charge on any atom is -0.472 e. The first-order valence-electron chi connectivity index (χ1n) is 3.41. The highest BCUT2D eigenvalue weighted by Gasteiger charge is 1.93. The molecule has 0 amide bonds. The SMILES string of the molecule is CCCC(C)C#CC(=O)O. The molecule has 10 heavy (non-hydrogen) atoms. The summed E-state index contributed by atoms with van der Waals surface area (Å²) in [5.41, 5.74) is 0. The second-order valence-electron chi connectivity index (χ2n) is 2.26. The van der Waals surface area contributed by atoms with Crippen molar-refractivity contribution in [3.63, 3.8) is 0 Å². The summed E-state index contributed by atoms with van der Waals surface area (Å²) in [4.78, 5) is 9.93. The van der Waals surface area contributed by atoms with E-state index in [0.29, 0.717) is 0 Å². The predicted octanol–water partition coefficient (Wildman–Crippen LogP) is 1.51. The van der Waals surface area contributed by atoms with E-state index in [1.54, 1.807) is 0 Å². The maximum absolute atomic E-state index is 9.93. The molecule has 2 nitrogen and oxygen atoms in total. The molecule has 0 rings (SSSR count). The molecule has 2 heteroatoms. The van der Waals surface area contributed by atoms with Crippen molar-refractivity contribution < 1.29 is 9.90 Å². The second-order valence-corrected chi connectivity index (χ2v) is 2.26. The van der Waals surface area contributed by atoms with Crippen molar-refractivity contribution in [1.82, 2.24) is 0 Å². The van der Waals surface area contributed by atoms with Gasteiger partial charge in [-0.3, -0.25) is 0 Å². The summed E-state index contributed by atoms with van der Waals surface area (Å²) in [6.07, 6.45) is 2.02. The van der Waals surface area contributed by atoms with E-state index in [1.165, 1.54) is 0 Å². The highest BCUT2D eigenvalue weighted by molar-refractivity contribution is 5.86. The minimum atomic E-state index is -1.04. The molecule has 0 aliphatic heterocycles. The van der Waals surface area contributed by atoms with Crippen LogP contribution in [-0.4, -0.2) is 11.1 Å². The molecule has 1 unspecified atom stereocenters. The fourth-order valence-corrected chi connectivity index (χ4v) is 0.690. The van der Waals surface area contributed by atoms with Gasteiger partial charge in [0.2, 0.25) is 0 Å². The predicted molar refractivity (Wildman–Crippen MR) is 39.5 cm³/mol. The Morgan fingerprint density at radius 3 is 2.70 bits per heavy atom. The second kappa shape index (κ2) is 4.87. The van der Waals surface area contributed by atoms with Gasteiger partial charge in [-0.1, -0.05) is 26.2 Å². The number of hydrogen-bond donors (Lipinski definition) is 1. The van der Waals surface area contributed by atoms with Crippen LogP contribution in [0.15, 0.2) is 0 Å². The van der Waals surface area contributed by atoms with Gasteiger partial charge in [0.05, 0.1) is 0 Å². The van der Waals surface area contributed by atoms with E-state index in [4.69, 9.17) is 5.11 Å². The molecule has 0 spiro atoms. The van der Waals surface area contributed by atoms with Crippen LogP contribution in [0.1, 0.15) is 26.7 Å². The average molecular weight is 140 g/mol. The first-order chi connectivity index (χ1) is 4.66. The Kier molecular flexibility index (Phi) is 4.39. The first-order valence-corrected chi connectivity index (χ1v) is 3.41. The Morgan fingerprint density at radius 1 is 1.70 bits per heavy atom. The van der Waals surface area contributed by atoms with Crippen molar-refractivity contribution >= 4 is 5.97 Å². The first kappa shape index (κ1) is 9.03. The average Bonchev–Trinajstić information content (AvgIpc) is 1.85. The van der Waals surface area contributed by atoms with Crippen LogP contribution < -0.4 is 0 Å². The molecule has 0 aromatic heterocycles. The lowest BCUT2D eigenvalue weighted by molar-refractivity contribution is -0.130. The van der Waals surface area contributed by atoms with Gasteiger partial charge in [-0.05, 0) is 6.42 Å². The normalized spacial score (nSPS) is 11.4. The van der Waals surface area contributed by atoms with Gasteiger partial charge in [-0.2, -0.15) is 0 Å². The van der Waals surface area contributed by atoms with Crippen LogP contribution >= 0.6 is 0 Å². The summed E-state index contributed by atoms with van der Waals surface area (Å²) in [5.74, 6) is 3.90. The number of rotatable bonds is 2. The van der Waals surface area contributed by atoms with E-state index in [2.05, 4.69) is 18.8 Å². The highest BCUT2D eigenvalue weighted by atomic mass is 16.4. The molecule has 0 aromatic rings. The fourth-order valence-electron chi connectivity index (χ4n) is 0.690. The van der Waals surface area contributed by atoms with Crippen molar-refractivity contribution in [3.05, 3.63) is 0 Å². The van der Waals surface area contributed by atoms with Gasteiger partial charge in [0.1, 0.15) is 0 Å². The zero-order chi connectivity index (χ0) is 7.98. The van der Waals surface area contributed by atoms with E-state index in [-0.39, 0.29) is 5.92 Å². The Hall–Kier alpha value is -0.970. The Morgan fingerprint density at radius 2 is 2.30 bits per heavy atom. The summed E-state index contributed by atoms with van der Waals surface area (Å²) in [6, 6.07) is 0. The maximum Gasteiger partial charge on any atom is 0.381 e. The molecule has 0 radical (unpaired) electrons. The third kappa shape index (κ3) is 5.17. The number of carbonyl (C=O) groups is 1. The van der Waals surface area contributed by atoms with Crippen LogP contribution in [0.3, 0.4) is 0 Å². The number of hydrogen-bond acceptors (Lipinski definition) is 1. The lowest BCUT2D eigenvalue weighted by Gasteiger charge is -1.96. The van der Waals surface area contributed by atoms with E-state index < -0.39 is 5.97 Å². The van der Waals surface area contributed by atoms with Gasteiger partial charge < -0.3 is 5.11 Å². The van der Waals surface area contributed by atoms with Crippen LogP contribution in [0.25, 0.3) is 0 Å². The zero-order valence-electron chi connectivity index (χ0n) is 6.35. The summed E-state index contributed by atoms with van der Waals surface area (Å²) >= 11 is 0. The number of aliphatic carboxylic acids is 1. The molecule has 0 bridgehead atoms. The van der Waals surface area contributed by atoms with Gasteiger partial charge >= 0.3 is 5.97 Å². The maximum atomic E-state index is 9.93. The molecule has 0 heterocycles. The van der Waals surface area contributed by atoms with Crippen molar-refractivity contribution in [1.29, 1.82) is 0 Å². The van der Waals surface area contributed by atoms with Crippen molar-refractivity contribution in [2.75, 3.05) is 0 Å². The van der Waals surface area contributed by atoms with E-state index >= 15 is 0 Å². The number of carboxylic acids is 1. The lowest BCUT2D eigenvalue weighted by Crippen LogP contribution is -1.92. The Balaban J connectivity index is 3.68. The molecule has 0 aliphatic carbocycles. The van der Waals surface area contributed by atoms with Gasteiger partial charge in [0.25, 0.3) is 0 Å². The standard InChI is InChI=1S/C8H12O2/c1-3-4-7(2)5-6-8(9)10/h7H,3-4H2,1-2H3,(H,9,10). The van der Waals surface area contributed by atoms with Gasteiger partial charge in [0.15, 0.2) is 0 Å². The van der Waals surface area contributed by atoms with E-state index in [0.717, 1.165) is 12.8 Å². The van der Waals surface area contributed by atoms with Crippen molar-refractivity contribution in [2.24, 2.45) is 5.92 Å². The van der Waals surface area contributed by atoms with E-state index in [9.17, 15) is 4.79 Å². The van der Waals surface area contributed by atoms with Gasteiger partial charge in [-0.15, -0.1) is 0 Å². The topological polar surface area (TPSA) is 37.3 Å². The zero-order valence-corrected chi connectivity index (χ0v) is 6.35. The molecule has 1 atom stereocenters. The molecule has 0 fully saturated rings. The van der Waals surface area contributed by atoms with Crippen LogP contribution in [0.5, 0.6) is 0 Å². The van der Waals surface area contributed by atoms with Crippen LogP contribution in [0, 0.1) is 17.8 Å². The fraction of sp³-hybridized carbons (Fsp3) is 0.625. The highest BCUT2D eigenvalue weighted by Crippen LogP contribution is 2.01. The Labute approximate surface area is 61.2 Å². The monoisotopic (exact) mass is 140 g/mol. The molecular weight excluding hydrogens is 128 g/mol. The molecule has 56 valence electrons. The summed E-state index contributed by atoms with van der Waals surface area (Å²) in [6.45, 7) is 3.98. The molecule has 0 saturated heterocycles. The van der Waals surface area contributed by atoms with Gasteiger partial charge in [-0.25, -0.2) is 4.79 Å². The van der Waals surface area contributed by atoms with E-state index in [1.807, 2.05) is 6.92 Å². The minimum absolute atomic E-state index is 0.209. The van der Waals surface area contributed by atoms with Crippen molar-refractivity contribution in [3.8, 4) is 11.8 Å². The quantitative estimate of drug-likeness (QED) is 0.590. The van der Waals surface area contributed by atoms with Crippen LogP contribution in [0.4, 0.5) is 0 Å². The molecule has 0 saturated carbocycles. The third-order valence-corrected chi connectivity index (χ3v) is 1.15. The number of carboxylic acid groups (broad SMARTS) is 1. The van der Waals surface area contributed by atoms with Crippen LogP contribution in [0.2, 0.25) is 0 Å². The molecule has 0 aromatic carbocycles. The molecule has 1 N–H and O–H groups in total. The van der Waals surface area contributed by atoms with Gasteiger partial charge in [0, 0.05) is 11.8 Å². The molecule has 0 aliphatic rings. The summed E-state index contributed by atoms with van der Waals surface area (Å²) in [7, 11) is 0. The molecular formula is C8H12O2. The third-order valence-electron chi connectivity index (χ3n) is 1.15. The summed E-state index contributed by atoms with van der Waals surface area (Å²) in [5, 5.41) is 8.16. The largest absolute Gasteiger partial charge is 0.472 e. The smallest absolute Gasteiger partial charge is 0.381 e. The lowest BCUT2D eigenvalue weighted by atomic mass is 10.1. The van der Waals surface area contributed by atoms with Crippen LogP contribution in [-0.2, 0) is 4.79 Å². The Bertz CT molecular complexity index is 162. The summed E-state index contributed by atoms with van der Waals surface area (Å²) < 4.78 is 0.